The van der Waals surface area contributed by atoms with Crippen molar-refractivity contribution in [1.82, 2.24) is 4.90 Å². The summed E-state index contributed by atoms with van der Waals surface area (Å²) < 4.78 is 0. The second kappa shape index (κ2) is 3.01. The van der Waals surface area contributed by atoms with Crippen LogP contribution in [0.1, 0.15) is 12.8 Å². The molecule has 1 amide bonds. The molecule has 1 rings (SSSR count). The topological polar surface area (TPSA) is 46.3 Å². The van der Waals surface area contributed by atoms with Crippen molar-refractivity contribution >= 4 is 5.91 Å². The first-order valence-electron chi connectivity index (χ1n) is 3.68. The Balaban J connectivity index is 2.34. The smallest absolute Gasteiger partial charge is 0.222 e. The molecule has 3 heteroatoms. The predicted molar refractivity (Wildman–Crippen MR) is 39.4 cm³/mol. The Kier molecular flexibility index (Phi) is 2.27. The van der Waals surface area contributed by atoms with E-state index in [0.717, 1.165) is 13.0 Å². The maximum Gasteiger partial charge on any atom is 0.222 e. The second-order valence-electron chi connectivity index (χ2n) is 2.92. The zero-order valence-corrected chi connectivity index (χ0v) is 6.34. The number of hydrogen-bond acceptors (Lipinski definition) is 2. The number of likely N-dealkylation sites (tertiary alicyclic amines) is 1. The molecular weight excluding hydrogens is 128 g/mol. The Hall–Kier alpha value is -0.570. The molecule has 3 nitrogen and oxygen atoms in total. The predicted octanol–water partition coefficient (Wildman–Crippen LogP) is -0.187. The lowest BCUT2D eigenvalue weighted by molar-refractivity contribution is -0.126. The van der Waals surface area contributed by atoms with Gasteiger partial charge in [-0.05, 0) is 18.9 Å². The number of amides is 1. The lowest BCUT2D eigenvalue weighted by Crippen LogP contribution is -2.19. The molecule has 58 valence electrons. The fraction of sp³-hybridized carbons (Fsp3) is 0.857. The number of nitrogens with zero attached hydrogens (tertiary/aromatic N) is 1. The van der Waals surface area contributed by atoms with Crippen molar-refractivity contribution in [3.8, 4) is 0 Å². The largest absolute Gasteiger partial charge is 0.345 e. The quantitative estimate of drug-likeness (QED) is 0.581. The summed E-state index contributed by atoms with van der Waals surface area (Å²) >= 11 is 0. The first-order chi connectivity index (χ1) is 4.74. The van der Waals surface area contributed by atoms with Crippen LogP contribution in [0, 0.1) is 5.92 Å². The standard InChI is InChI=1S/C7H14N2O/c1-9-5-6(2-3-8)4-7(9)10/h6H,2-5,8H2,1H3/t6-/m1/s1. The average Bonchev–Trinajstić information content (AvgIpc) is 2.14. The zero-order valence-electron chi connectivity index (χ0n) is 6.34. The molecule has 0 saturated carbocycles. The molecular formula is C7H14N2O. The fourth-order valence-electron chi connectivity index (χ4n) is 1.39. The molecule has 2 N–H and O–H groups in total. The average molecular weight is 142 g/mol. The van der Waals surface area contributed by atoms with E-state index in [-0.39, 0.29) is 5.91 Å². The van der Waals surface area contributed by atoms with Gasteiger partial charge in [-0.1, -0.05) is 0 Å². The van der Waals surface area contributed by atoms with E-state index in [2.05, 4.69) is 0 Å². The molecule has 0 aromatic heterocycles. The van der Waals surface area contributed by atoms with Gasteiger partial charge in [0.1, 0.15) is 0 Å². The van der Waals surface area contributed by atoms with Gasteiger partial charge in [0.05, 0.1) is 0 Å². The molecule has 10 heavy (non-hydrogen) atoms. The van der Waals surface area contributed by atoms with Crippen molar-refractivity contribution < 1.29 is 4.79 Å². The van der Waals surface area contributed by atoms with E-state index in [1.807, 2.05) is 7.05 Å². The van der Waals surface area contributed by atoms with E-state index in [1.165, 1.54) is 0 Å². The van der Waals surface area contributed by atoms with E-state index in [1.54, 1.807) is 4.90 Å². The highest BCUT2D eigenvalue weighted by atomic mass is 16.2. The van der Waals surface area contributed by atoms with Gasteiger partial charge in [0.15, 0.2) is 0 Å². The Bertz CT molecular complexity index is 136. The van der Waals surface area contributed by atoms with Crippen molar-refractivity contribution in [1.29, 1.82) is 0 Å². The third kappa shape index (κ3) is 1.48. The zero-order chi connectivity index (χ0) is 7.56. The van der Waals surface area contributed by atoms with Crippen molar-refractivity contribution in [2.45, 2.75) is 12.8 Å². The number of carbonyl (C=O) groups is 1. The maximum absolute atomic E-state index is 10.9. The van der Waals surface area contributed by atoms with Crippen LogP contribution in [0.3, 0.4) is 0 Å². The van der Waals surface area contributed by atoms with Crippen LogP contribution < -0.4 is 5.73 Å². The Morgan fingerprint density at radius 1 is 1.80 bits per heavy atom. The van der Waals surface area contributed by atoms with Crippen LogP contribution in [0.2, 0.25) is 0 Å². The van der Waals surface area contributed by atoms with E-state index >= 15 is 0 Å². The second-order valence-corrected chi connectivity index (χ2v) is 2.92. The summed E-state index contributed by atoms with van der Waals surface area (Å²) in [6, 6.07) is 0. The fourth-order valence-corrected chi connectivity index (χ4v) is 1.39. The lowest BCUT2D eigenvalue weighted by Gasteiger charge is -2.07. The van der Waals surface area contributed by atoms with Crippen LogP contribution >= 0.6 is 0 Å². The maximum atomic E-state index is 10.9. The number of carbonyl (C=O) groups excluding carboxylic acids is 1. The molecule has 0 bridgehead atoms. The van der Waals surface area contributed by atoms with Gasteiger partial charge in [0.25, 0.3) is 0 Å². The third-order valence-electron chi connectivity index (χ3n) is 2.00. The van der Waals surface area contributed by atoms with Gasteiger partial charge in [-0.3, -0.25) is 4.79 Å². The van der Waals surface area contributed by atoms with Crippen LogP contribution in [0.5, 0.6) is 0 Å². The SMILES string of the molecule is CN1C[C@H](CCN)CC1=O. The summed E-state index contributed by atoms with van der Waals surface area (Å²) in [7, 11) is 1.85. The molecule has 1 aliphatic rings. The molecule has 1 aliphatic heterocycles. The first-order valence-corrected chi connectivity index (χ1v) is 3.68. The van der Waals surface area contributed by atoms with Crippen LogP contribution in [-0.4, -0.2) is 30.9 Å². The van der Waals surface area contributed by atoms with Crippen molar-refractivity contribution in [2.24, 2.45) is 11.7 Å². The summed E-state index contributed by atoms with van der Waals surface area (Å²) in [5.74, 6) is 0.779. The minimum Gasteiger partial charge on any atom is -0.345 e. The van der Waals surface area contributed by atoms with Gasteiger partial charge >= 0.3 is 0 Å². The molecule has 0 aromatic carbocycles. The van der Waals surface area contributed by atoms with Gasteiger partial charge in [0, 0.05) is 20.0 Å². The van der Waals surface area contributed by atoms with Crippen molar-refractivity contribution in [3.63, 3.8) is 0 Å². The molecule has 1 fully saturated rings. The molecule has 0 spiro atoms. The highest BCUT2D eigenvalue weighted by molar-refractivity contribution is 5.78. The number of hydrogen-bond donors (Lipinski definition) is 1. The van der Waals surface area contributed by atoms with Gasteiger partial charge in [-0.2, -0.15) is 0 Å². The Labute approximate surface area is 61.2 Å². The van der Waals surface area contributed by atoms with Gasteiger partial charge in [-0.25, -0.2) is 0 Å². The highest BCUT2D eigenvalue weighted by Crippen LogP contribution is 2.17. The van der Waals surface area contributed by atoms with Crippen LogP contribution in [0.4, 0.5) is 0 Å². The molecule has 0 aliphatic carbocycles. The van der Waals surface area contributed by atoms with E-state index in [9.17, 15) is 4.79 Å². The third-order valence-corrected chi connectivity index (χ3v) is 2.00. The molecule has 0 unspecified atom stereocenters. The van der Waals surface area contributed by atoms with E-state index in [0.29, 0.717) is 18.9 Å². The normalized spacial score (nSPS) is 26.0. The molecule has 1 saturated heterocycles. The number of rotatable bonds is 2. The highest BCUT2D eigenvalue weighted by Gasteiger charge is 2.25. The van der Waals surface area contributed by atoms with Crippen LogP contribution in [0.25, 0.3) is 0 Å². The minimum atomic E-state index is 0.262. The van der Waals surface area contributed by atoms with Crippen molar-refractivity contribution in [2.75, 3.05) is 20.1 Å². The molecule has 1 atom stereocenters. The summed E-state index contributed by atoms with van der Waals surface area (Å²) in [5, 5.41) is 0. The molecule has 1 heterocycles. The van der Waals surface area contributed by atoms with Crippen molar-refractivity contribution in [3.05, 3.63) is 0 Å². The van der Waals surface area contributed by atoms with E-state index in [4.69, 9.17) is 5.73 Å². The molecule has 0 aromatic rings. The number of nitrogens with two attached hydrogens (primary N) is 1. The summed E-state index contributed by atoms with van der Waals surface area (Å²) in [5.41, 5.74) is 5.37. The Morgan fingerprint density at radius 2 is 2.50 bits per heavy atom. The summed E-state index contributed by atoms with van der Waals surface area (Å²) in [6.45, 7) is 1.60. The first kappa shape index (κ1) is 7.54. The minimum absolute atomic E-state index is 0.262. The summed E-state index contributed by atoms with van der Waals surface area (Å²) in [6.07, 6.45) is 1.68. The van der Waals surface area contributed by atoms with E-state index < -0.39 is 0 Å². The van der Waals surface area contributed by atoms with Gasteiger partial charge in [-0.15, -0.1) is 0 Å². The summed E-state index contributed by atoms with van der Waals surface area (Å²) in [4.78, 5) is 12.7. The monoisotopic (exact) mass is 142 g/mol. The van der Waals surface area contributed by atoms with Crippen LogP contribution in [0.15, 0.2) is 0 Å². The van der Waals surface area contributed by atoms with Gasteiger partial charge in [0.2, 0.25) is 5.91 Å². The van der Waals surface area contributed by atoms with Gasteiger partial charge < -0.3 is 10.6 Å². The Morgan fingerprint density at radius 3 is 2.90 bits per heavy atom. The molecule has 0 radical (unpaired) electrons. The van der Waals surface area contributed by atoms with Crippen LogP contribution in [-0.2, 0) is 4.79 Å². The lowest BCUT2D eigenvalue weighted by atomic mass is 10.1.